The second kappa shape index (κ2) is 9.41. The van der Waals surface area contributed by atoms with Gasteiger partial charge in [0.25, 0.3) is 17.9 Å². The fourth-order valence-electron chi connectivity index (χ4n) is 6.64. The van der Waals surface area contributed by atoms with Crippen molar-refractivity contribution in [3.63, 3.8) is 0 Å². The van der Waals surface area contributed by atoms with Gasteiger partial charge in [-0.05, 0) is 51.0 Å². The molecule has 2 saturated carbocycles. The van der Waals surface area contributed by atoms with Crippen LogP contribution in [0.1, 0.15) is 60.1 Å². The first-order chi connectivity index (χ1) is 18.2. The number of halogens is 3. The van der Waals surface area contributed by atoms with Crippen molar-refractivity contribution >= 4 is 11.6 Å². The maximum Gasteiger partial charge on any atom is 0.266 e. The summed E-state index contributed by atoms with van der Waals surface area (Å²) in [5.41, 5.74) is -0.646. The number of nitrogens with zero attached hydrogens (tertiary/aromatic N) is 2. The van der Waals surface area contributed by atoms with Crippen LogP contribution in [0.2, 0.25) is 0 Å². The molecule has 4 aliphatic rings. The number of fused-ring (bicyclic) bond motifs is 1. The van der Waals surface area contributed by atoms with Crippen LogP contribution in [0.3, 0.4) is 0 Å². The minimum atomic E-state index is -2.96. The fraction of sp³-hybridized carbons (Fsp3) is 0.571. The van der Waals surface area contributed by atoms with E-state index in [4.69, 9.17) is 4.74 Å². The number of hydrogen-bond donors (Lipinski definition) is 2. The second-order valence-corrected chi connectivity index (χ2v) is 11.5. The maximum atomic E-state index is 14.8. The summed E-state index contributed by atoms with van der Waals surface area (Å²) in [7, 11) is 2.08. The summed E-state index contributed by atoms with van der Waals surface area (Å²) in [6.45, 7) is 4.46. The molecule has 0 radical (unpaired) electrons. The van der Waals surface area contributed by atoms with Gasteiger partial charge in [0.15, 0.2) is 0 Å². The SMILES string of the molecule is C[C@@H](NC(=O)c1cn(C2(C3CC3)CCOC2)c(=O)cc1N[C@H]1[C@@H]2CN(C)C[C@@H]21)c1cccc(C(F)F)c1F. The number of rotatable bonds is 8. The average Bonchev–Trinajstić information content (AvgIpc) is 3.72. The van der Waals surface area contributed by atoms with E-state index in [-0.39, 0.29) is 22.7 Å². The van der Waals surface area contributed by atoms with Gasteiger partial charge in [-0.15, -0.1) is 0 Å². The van der Waals surface area contributed by atoms with E-state index >= 15 is 0 Å². The van der Waals surface area contributed by atoms with Crippen molar-refractivity contribution in [2.75, 3.05) is 38.7 Å². The molecule has 2 N–H and O–H groups in total. The molecule has 7 nitrogen and oxygen atoms in total. The number of hydrogen-bond acceptors (Lipinski definition) is 5. The summed E-state index contributed by atoms with van der Waals surface area (Å²) in [6, 6.07) is 4.61. The Balaban J connectivity index is 1.33. The molecule has 0 bridgehead atoms. The normalized spacial score (nSPS) is 29.4. The van der Waals surface area contributed by atoms with Crippen molar-refractivity contribution < 1.29 is 22.7 Å². The van der Waals surface area contributed by atoms with Crippen molar-refractivity contribution in [3.05, 3.63) is 63.3 Å². The van der Waals surface area contributed by atoms with Crippen molar-refractivity contribution in [1.29, 1.82) is 0 Å². The van der Waals surface area contributed by atoms with Gasteiger partial charge in [-0.3, -0.25) is 9.59 Å². The third kappa shape index (κ3) is 4.31. The van der Waals surface area contributed by atoms with Crippen molar-refractivity contribution in [2.45, 2.75) is 50.2 Å². The van der Waals surface area contributed by atoms with Crippen LogP contribution in [0.25, 0.3) is 0 Å². The number of anilines is 1. The summed E-state index contributed by atoms with van der Waals surface area (Å²) in [5, 5.41) is 6.23. The first-order valence-electron chi connectivity index (χ1n) is 13.4. The van der Waals surface area contributed by atoms with Gasteiger partial charge in [0.1, 0.15) is 5.82 Å². The van der Waals surface area contributed by atoms with E-state index < -0.39 is 35.3 Å². The molecule has 10 heteroatoms. The van der Waals surface area contributed by atoms with Gasteiger partial charge in [-0.25, -0.2) is 13.2 Å². The molecule has 1 aromatic carbocycles. The van der Waals surface area contributed by atoms with Crippen LogP contribution < -0.4 is 16.2 Å². The van der Waals surface area contributed by atoms with Gasteiger partial charge in [-0.1, -0.05) is 18.2 Å². The third-order valence-electron chi connectivity index (χ3n) is 8.95. The molecule has 2 aliphatic carbocycles. The average molecular weight is 531 g/mol. The number of ether oxygens (including phenoxy) is 1. The quantitative estimate of drug-likeness (QED) is 0.542. The zero-order valence-corrected chi connectivity index (χ0v) is 21.6. The van der Waals surface area contributed by atoms with Gasteiger partial charge in [0.2, 0.25) is 0 Å². The highest BCUT2D eigenvalue weighted by Crippen LogP contribution is 2.49. The summed E-state index contributed by atoms with van der Waals surface area (Å²) in [5.74, 6) is -0.275. The summed E-state index contributed by atoms with van der Waals surface area (Å²) in [6.07, 6.45) is 1.38. The first kappa shape index (κ1) is 25.4. The predicted molar refractivity (Wildman–Crippen MR) is 136 cm³/mol. The van der Waals surface area contributed by atoms with Crippen molar-refractivity contribution in [3.8, 4) is 0 Å². The van der Waals surface area contributed by atoms with E-state index in [1.807, 2.05) is 0 Å². The molecule has 2 saturated heterocycles. The first-order valence-corrected chi connectivity index (χ1v) is 13.4. The molecule has 204 valence electrons. The molecule has 2 aromatic rings. The van der Waals surface area contributed by atoms with Gasteiger partial charge in [-0.2, -0.15) is 0 Å². The lowest BCUT2D eigenvalue weighted by Gasteiger charge is -2.31. The highest BCUT2D eigenvalue weighted by molar-refractivity contribution is 5.99. The Morgan fingerprint density at radius 2 is 1.89 bits per heavy atom. The number of pyridine rings is 1. The van der Waals surface area contributed by atoms with Gasteiger partial charge < -0.3 is 24.8 Å². The van der Waals surface area contributed by atoms with E-state index in [0.29, 0.717) is 43.1 Å². The molecule has 38 heavy (non-hydrogen) atoms. The second-order valence-electron chi connectivity index (χ2n) is 11.5. The number of aromatic nitrogens is 1. The van der Waals surface area contributed by atoms with Crippen molar-refractivity contribution in [1.82, 2.24) is 14.8 Å². The summed E-state index contributed by atoms with van der Waals surface area (Å²) < 4.78 is 48.7. The Bertz CT molecular complexity index is 1290. The van der Waals surface area contributed by atoms with Crippen LogP contribution in [0.15, 0.2) is 35.3 Å². The standard InChI is InChI=1S/C28H33F3N4O3/c1-15(17-4-3-5-18(24(17)29)26(30)31)32-27(37)21-13-35(28(16-6-7-16)8-9-38-14-28)23(36)10-22(21)33-25-19-11-34(2)12-20(19)25/h3-5,10,13,15-16,19-20,25-26,33H,6-9,11-12,14H2,1-2H3,(H,32,37)/t15-,19-,20+,25+,28?/m1/s1. The molecule has 5 atom stereocenters. The van der Waals surface area contributed by atoms with Crippen molar-refractivity contribution in [2.24, 2.45) is 17.8 Å². The van der Waals surface area contributed by atoms with Crippen LogP contribution >= 0.6 is 0 Å². The van der Waals surface area contributed by atoms with E-state index in [1.54, 1.807) is 17.7 Å². The fourth-order valence-corrected chi connectivity index (χ4v) is 6.64. The number of benzene rings is 1. The van der Waals surface area contributed by atoms with Crippen LogP contribution in [0, 0.1) is 23.6 Å². The predicted octanol–water partition coefficient (Wildman–Crippen LogP) is 3.91. The van der Waals surface area contributed by atoms with Crippen LogP contribution in [-0.4, -0.2) is 54.8 Å². The molecule has 3 heterocycles. The Kier molecular flexibility index (Phi) is 6.30. The third-order valence-corrected chi connectivity index (χ3v) is 8.95. The molecule has 4 fully saturated rings. The minimum Gasteiger partial charge on any atom is -0.381 e. The van der Waals surface area contributed by atoms with E-state index in [0.717, 1.165) is 32.0 Å². The molecule has 2 aliphatic heterocycles. The summed E-state index contributed by atoms with van der Waals surface area (Å²) >= 11 is 0. The summed E-state index contributed by atoms with van der Waals surface area (Å²) in [4.78, 5) is 29.4. The monoisotopic (exact) mass is 530 g/mol. The Labute approximate surface area is 219 Å². The van der Waals surface area contributed by atoms with Crippen LogP contribution in [0.4, 0.5) is 18.9 Å². The number of likely N-dealkylation sites (tertiary alicyclic amines) is 1. The zero-order valence-electron chi connectivity index (χ0n) is 21.6. The Hall–Kier alpha value is -2.85. The lowest BCUT2D eigenvalue weighted by molar-refractivity contribution is 0.0937. The van der Waals surface area contributed by atoms with Gasteiger partial charge >= 0.3 is 0 Å². The van der Waals surface area contributed by atoms with E-state index in [9.17, 15) is 22.8 Å². The molecular weight excluding hydrogens is 497 g/mol. The van der Waals surface area contributed by atoms with E-state index in [1.165, 1.54) is 18.2 Å². The zero-order chi connectivity index (χ0) is 26.8. The number of piperidine rings is 1. The number of nitrogens with one attached hydrogen (secondary N) is 2. The topological polar surface area (TPSA) is 75.6 Å². The highest BCUT2D eigenvalue weighted by atomic mass is 19.3. The van der Waals surface area contributed by atoms with Gasteiger partial charge in [0, 0.05) is 43.6 Å². The Morgan fingerprint density at radius 3 is 2.53 bits per heavy atom. The number of carbonyl (C=O) groups excluding carboxylic acids is 1. The molecule has 1 unspecified atom stereocenters. The lowest BCUT2D eigenvalue weighted by atomic mass is 9.91. The number of alkyl halides is 2. The van der Waals surface area contributed by atoms with E-state index in [2.05, 4.69) is 22.6 Å². The van der Waals surface area contributed by atoms with Gasteiger partial charge in [0.05, 0.1) is 35.0 Å². The van der Waals surface area contributed by atoms with Crippen LogP contribution in [-0.2, 0) is 10.3 Å². The largest absolute Gasteiger partial charge is 0.381 e. The lowest BCUT2D eigenvalue weighted by Crippen LogP contribution is -2.44. The smallest absolute Gasteiger partial charge is 0.266 e. The number of amides is 1. The minimum absolute atomic E-state index is 0.0163. The maximum absolute atomic E-state index is 14.8. The molecule has 6 rings (SSSR count). The Morgan fingerprint density at radius 1 is 1.18 bits per heavy atom. The molecular formula is C28H33F3N4O3. The number of carbonyl (C=O) groups is 1. The highest BCUT2D eigenvalue weighted by Gasteiger charge is 2.55. The molecule has 1 amide bonds. The molecule has 0 spiro atoms. The molecule has 1 aromatic heterocycles. The van der Waals surface area contributed by atoms with Crippen LogP contribution in [0.5, 0.6) is 0 Å².